The molecular formula is C32H51N3O3. The number of nitrogens with zero attached hydrogens (tertiary/aromatic N) is 3. The van der Waals surface area contributed by atoms with Gasteiger partial charge in [-0.3, -0.25) is 14.4 Å². The first-order chi connectivity index (χ1) is 18.4. The smallest absolute Gasteiger partial charge is 0.254 e. The lowest BCUT2D eigenvalue weighted by atomic mass is 9.92. The third-order valence-corrected chi connectivity index (χ3v) is 9.06. The topological polar surface area (TPSA) is 60.9 Å². The van der Waals surface area contributed by atoms with E-state index in [1.165, 1.54) is 19.3 Å². The molecule has 0 bridgehead atoms. The van der Waals surface area contributed by atoms with Crippen LogP contribution in [0, 0.1) is 0 Å². The summed E-state index contributed by atoms with van der Waals surface area (Å²) in [5, 5.41) is 0. The molecule has 0 spiro atoms. The summed E-state index contributed by atoms with van der Waals surface area (Å²) >= 11 is 0. The van der Waals surface area contributed by atoms with Crippen molar-refractivity contribution < 1.29 is 14.4 Å². The van der Waals surface area contributed by atoms with Gasteiger partial charge in [0.25, 0.3) is 17.7 Å². The van der Waals surface area contributed by atoms with Crippen LogP contribution < -0.4 is 0 Å². The molecule has 38 heavy (non-hydrogen) atoms. The number of rotatable bonds is 6. The first-order valence-corrected chi connectivity index (χ1v) is 15.3. The fourth-order valence-electron chi connectivity index (χ4n) is 6.53. The van der Waals surface area contributed by atoms with Crippen molar-refractivity contribution in [3.05, 3.63) is 34.9 Å². The highest BCUT2D eigenvalue weighted by atomic mass is 16.2. The van der Waals surface area contributed by atoms with Crippen LogP contribution in [-0.4, -0.2) is 71.7 Å². The molecule has 1 aromatic carbocycles. The van der Waals surface area contributed by atoms with Crippen molar-refractivity contribution in [3.63, 3.8) is 0 Å². The monoisotopic (exact) mass is 525 g/mol. The van der Waals surface area contributed by atoms with E-state index in [-0.39, 0.29) is 35.8 Å². The highest BCUT2D eigenvalue weighted by molar-refractivity contribution is 6.09. The van der Waals surface area contributed by atoms with Crippen LogP contribution in [0.25, 0.3) is 0 Å². The number of carbonyl (C=O) groups is 3. The van der Waals surface area contributed by atoms with Crippen LogP contribution in [0.4, 0.5) is 0 Å². The lowest BCUT2D eigenvalue weighted by Crippen LogP contribution is -2.42. The van der Waals surface area contributed by atoms with Gasteiger partial charge in [0.05, 0.1) is 11.1 Å². The minimum absolute atomic E-state index is 0.0593. The summed E-state index contributed by atoms with van der Waals surface area (Å²) in [7, 11) is 5.61. The molecule has 0 N–H and O–H groups in total. The zero-order chi connectivity index (χ0) is 27.7. The van der Waals surface area contributed by atoms with Crippen LogP contribution in [0.1, 0.15) is 141 Å². The van der Waals surface area contributed by atoms with Gasteiger partial charge in [0.15, 0.2) is 0 Å². The first-order valence-electron chi connectivity index (χ1n) is 15.3. The van der Waals surface area contributed by atoms with Gasteiger partial charge in [0, 0.05) is 44.8 Å². The largest absolute Gasteiger partial charge is 0.339 e. The van der Waals surface area contributed by atoms with Gasteiger partial charge < -0.3 is 14.7 Å². The Labute approximate surface area is 231 Å². The molecular weight excluding hydrogens is 474 g/mol. The lowest BCUT2D eigenvalue weighted by Gasteiger charge is -2.34. The third kappa shape index (κ3) is 7.18. The first kappa shape index (κ1) is 30.2. The van der Waals surface area contributed by atoms with Gasteiger partial charge in [0.2, 0.25) is 0 Å². The van der Waals surface area contributed by atoms with Gasteiger partial charge in [-0.2, -0.15) is 0 Å². The van der Waals surface area contributed by atoms with Crippen molar-refractivity contribution in [3.8, 4) is 0 Å². The number of hydrogen-bond acceptors (Lipinski definition) is 3. The fraction of sp³-hybridized carbons (Fsp3) is 0.719. The molecule has 0 unspecified atom stereocenters. The fourth-order valence-corrected chi connectivity index (χ4v) is 6.53. The van der Waals surface area contributed by atoms with Crippen molar-refractivity contribution >= 4 is 17.7 Å². The predicted molar refractivity (Wildman–Crippen MR) is 155 cm³/mol. The summed E-state index contributed by atoms with van der Waals surface area (Å²) in [6.45, 7) is 4.00. The number of amides is 3. The molecule has 4 rings (SSSR count). The average molecular weight is 526 g/mol. The summed E-state index contributed by atoms with van der Waals surface area (Å²) < 4.78 is 0. The van der Waals surface area contributed by atoms with Crippen LogP contribution in [0.3, 0.4) is 0 Å². The quantitative estimate of drug-likeness (QED) is 0.405. The van der Waals surface area contributed by atoms with E-state index >= 15 is 0 Å². The molecule has 3 fully saturated rings. The van der Waals surface area contributed by atoms with Gasteiger partial charge in [-0.05, 0) is 56.7 Å². The van der Waals surface area contributed by atoms with Crippen LogP contribution in [0.15, 0.2) is 18.2 Å². The molecule has 0 saturated heterocycles. The van der Waals surface area contributed by atoms with Crippen LogP contribution >= 0.6 is 0 Å². The van der Waals surface area contributed by atoms with Crippen molar-refractivity contribution in [1.82, 2.24) is 14.7 Å². The Morgan fingerprint density at radius 3 is 1.26 bits per heavy atom. The summed E-state index contributed by atoms with van der Waals surface area (Å²) in [6.07, 6.45) is 16.6. The van der Waals surface area contributed by atoms with E-state index < -0.39 is 0 Å². The molecule has 6 nitrogen and oxygen atoms in total. The Bertz CT molecular complexity index is 928. The second kappa shape index (κ2) is 14.7. The molecule has 3 saturated carbocycles. The number of hydrogen-bond donors (Lipinski definition) is 0. The predicted octanol–water partition coefficient (Wildman–Crippen LogP) is 6.93. The van der Waals surface area contributed by atoms with E-state index in [1.807, 2.05) is 49.7 Å². The maximum atomic E-state index is 13.8. The van der Waals surface area contributed by atoms with E-state index in [4.69, 9.17) is 0 Å². The summed E-state index contributed by atoms with van der Waals surface area (Å²) in [4.78, 5) is 46.5. The Kier molecular flexibility index (Phi) is 11.7. The molecule has 3 aliphatic carbocycles. The van der Waals surface area contributed by atoms with E-state index in [2.05, 4.69) is 0 Å². The third-order valence-electron chi connectivity index (χ3n) is 9.06. The molecule has 3 amide bonds. The zero-order valence-electron chi connectivity index (χ0n) is 24.6. The van der Waals surface area contributed by atoms with E-state index in [9.17, 15) is 14.4 Å². The Balaban J connectivity index is 0.00000195. The van der Waals surface area contributed by atoms with Crippen molar-refractivity contribution in [2.75, 3.05) is 21.1 Å². The highest BCUT2D eigenvalue weighted by Crippen LogP contribution is 2.28. The molecule has 6 heteroatoms. The van der Waals surface area contributed by atoms with Gasteiger partial charge in [0.1, 0.15) is 0 Å². The summed E-state index contributed by atoms with van der Waals surface area (Å²) in [5.41, 5.74) is 1.30. The van der Waals surface area contributed by atoms with Gasteiger partial charge in [-0.15, -0.1) is 0 Å². The van der Waals surface area contributed by atoms with E-state index in [0.717, 1.165) is 77.0 Å². The standard InChI is InChI=1S/C30H45N3O3.C2H6/c1-31(23-13-7-4-8-14-23)28(34)22-19-20-26(29(35)32(2)24-15-9-5-10-16-24)27(21-22)30(36)33(3)25-17-11-6-12-18-25;1-2/h19-21,23-25H,4-18H2,1-3H3;1-2H3. The van der Waals surface area contributed by atoms with Crippen LogP contribution in [0.5, 0.6) is 0 Å². The normalized spacial score (nSPS) is 19.2. The molecule has 0 radical (unpaired) electrons. The minimum atomic E-state index is -0.141. The van der Waals surface area contributed by atoms with E-state index in [1.54, 1.807) is 18.2 Å². The Hall–Kier alpha value is -2.37. The van der Waals surface area contributed by atoms with Gasteiger partial charge in [-0.25, -0.2) is 0 Å². The van der Waals surface area contributed by atoms with Gasteiger partial charge in [-0.1, -0.05) is 71.6 Å². The second-order valence-electron chi connectivity index (χ2n) is 11.4. The lowest BCUT2D eigenvalue weighted by molar-refractivity contribution is 0.0654. The maximum absolute atomic E-state index is 13.8. The molecule has 3 aliphatic rings. The SMILES string of the molecule is CC.CN(C(=O)c1ccc(C(=O)N(C)C2CCCCC2)c(C(=O)N(C)C2CCCCC2)c1)C1CCCCC1. The molecule has 0 heterocycles. The summed E-state index contributed by atoms with van der Waals surface area (Å²) in [5.74, 6) is -0.310. The molecule has 1 aromatic rings. The number of carbonyl (C=O) groups excluding carboxylic acids is 3. The van der Waals surface area contributed by atoms with Crippen molar-refractivity contribution in [1.29, 1.82) is 0 Å². The second-order valence-corrected chi connectivity index (χ2v) is 11.4. The molecule has 0 aromatic heterocycles. The van der Waals surface area contributed by atoms with E-state index in [0.29, 0.717) is 16.7 Å². The zero-order valence-corrected chi connectivity index (χ0v) is 24.6. The van der Waals surface area contributed by atoms with Crippen molar-refractivity contribution in [2.45, 2.75) is 128 Å². The molecule has 212 valence electrons. The Morgan fingerprint density at radius 1 is 0.526 bits per heavy atom. The molecule has 0 aliphatic heterocycles. The average Bonchev–Trinajstić information content (AvgIpc) is 3.00. The summed E-state index contributed by atoms with van der Waals surface area (Å²) in [6, 6.07) is 5.82. The van der Waals surface area contributed by atoms with Crippen LogP contribution in [-0.2, 0) is 0 Å². The van der Waals surface area contributed by atoms with Gasteiger partial charge >= 0.3 is 0 Å². The Morgan fingerprint density at radius 2 is 0.868 bits per heavy atom. The molecule has 0 atom stereocenters. The van der Waals surface area contributed by atoms with Crippen LogP contribution in [0.2, 0.25) is 0 Å². The maximum Gasteiger partial charge on any atom is 0.254 e. The highest BCUT2D eigenvalue weighted by Gasteiger charge is 2.31. The number of benzene rings is 1. The van der Waals surface area contributed by atoms with Crippen molar-refractivity contribution in [2.24, 2.45) is 0 Å². The minimum Gasteiger partial charge on any atom is -0.339 e.